The van der Waals surface area contributed by atoms with Crippen LogP contribution in [0.4, 0.5) is 0 Å². The van der Waals surface area contributed by atoms with E-state index < -0.39 is 0 Å². The highest BCUT2D eigenvalue weighted by Gasteiger charge is 2.15. The lowest BCUT2D eigenvalue weighted by atomic mass is 9.99. The molecule has 51 heavy (non-hydrogen) atoms. The van der Waals surface area contributed by atoms with Gasteiger partial charge in [0.2, 0.25) is 0 Å². The van der Waals surface area contributed by atoms with E-state index in [1.165, 1.54) is 32.6 Å². The van der Waals surface area contributed by atoms with Gasteiger partial charge in [0, 0.05) is 44.7 Å². The summed E-state index contributed by atoms with van der Waals surface area (Å²) in [6.45, 7) is 0. The number of pyridine rings is 1. The third-order valence-electron chi connectivity index (χ3n) is 9.88. The molecule has 0 bridgehead atoms. The van der Waals surface area contributed by atoms with Gasteiger partial charge in [-0.1, -0.05) is 127 Å². The average Bonchev–Trinajstić information content (AvgIpc) is 3.55. The lowest BCUT2D eigenvalue weighted by molar-refractivity contribution is 1.17. The first kappa shape index (κ1) is 29.0. The highest BCUT2D eigenvalue weighted by molar-refractivity contribution is 6.09. The number of hydrogen-bond acceptors (Lipinski definition) is 3. The van der Waals surface area contributed by atoms with Gasteiger partial charge in [-0.2, -0.15) is 0 Å². The Balaban J connectivity index is 1.09. The standard InChI is InChI=1S/C47H30N4/c1-2-10-35-29-36(22-17-31(35)9-1)44-30-43(33-23-25-37(26-24-33)51-45-15-7-4-12-40(45)41-13-5-8-16-46(41)51)49-47(50-44)34-20-18-32(19-21-34)38-27-28-48-42-14-6-3-11-39(38)42/h1-30H. The van der Waals surface area contributed by atoms with E-state index in [2.05, 4.69) is 179 Å². The van der Waals surface area contributed by atoms with Crippen LogP contribution in [0.15, 0.2) is 182 Å². The van der Waals surface area contributed by atoms with E-state index in [-0.39, 0.29) is 0 Å². The van der Waals surface area contributed by atoms with Crippen molar-refractivity contribution in [2.75, 3.05) is 0 Å². The van der Waals surface area contributed by atoms with E-state index in [0.717, 1.165) is 55.8 Å². The number of hydrogen-bond donors (Lipinski definition) is 0. The molecule has 3 aromatic heterocycles. The van der Waals surface area contributed by atoms with Crippen LogP contribution in [0.3, 0.4) is 0 Å². The molecular formula is C47H30N4. The molecule has 7 aromatic carbocycles. The number of benzene rings is 7. The van der Waals surface area contributed by atoms with Gasteiger partial charge in [0.05, 0.1) is 27.9 Å². The van der Waals surface area contributed by atoms with Gasteiger partial charge in [0.15, 0.2) is 5.82 Å². The first-order chi connectivity index (χ1) is 25.3. The Bertz CT molecular complexity index is 2850. The van der Waals surface area contributed by atoms with Crippen LogP contribution >= 0.6 is 0 Å². The zero-order chi connectivity index (χ0) is 33.7. The predicted molar refractivity (Wildman–Crippen MR) is 211 cm³/mol. The number of para-hydroxylation sites is 3. The van der Waals surface area contributed by atoms with Crippen molar-refractivity contribution in [3.63, 3.8) is 0 Å². The Kier molecular flexibility index (Phi) is 6.78. The summed E-state index contributed by atoms with van der Waals surface area (Å²) in [5, 5.41) is 6.02. The molecule has 0 amide bonds. The van der Waals surface area contributed by atoms with Crippen molar-refractivity contribution >= 4 is 43.5 Å². The van der Waals surface area contributed by atoms with Gasteiger partial charge in [-0.3, -0.25) is 4.98 Å². The molecule has 0 saturated heterocycles. The zero-order valence-electron chi connectivity index (χ0n) is 27.6. The molecule has 10 rings (SSSR count). The maximum absolute atomic E-state index is 5.18. The van der Waals surface area contributed by atoms with E-state index in [9.17, 15) is 0 Å². The van der Waals surface area contributed by atoms with Crippen molar-refractivity contribution < 1.29 is 0 Å². The summed E-state index contributed by atoms with van der Waals surface area (Å²) in [4.78, 5) is 14.9. The summed E-state index contributed by atoms with van der Waals surface area (Å²) in [5.74, 6) is 0.688. The second-order valence-electron chi connectivity index (χ2n) is 12.9. The number of nitrogens with zero attached hydrogens (tertiary/aromatic N) is 4. The minimum absolute atomic E-state index is 0.688. The molecule has 0 unspecified atom stereocenters. The summed E-state index contributed by atoms with van der Waals surface area (Å²) >= 11 is 0. The molecular weight excluding hydrogens is 621 g/mol. The van der Waals surface area contributed by atoms with E-state index in [1.54, 1.807) is 0 Å². The largest absolute Gasteiger partial charge is 0.309 e. The molecule has 0 saturated carbocycles. The van der Waals surface area contributed by atoms with Gasteiger partial charge >= 0.3 is 0 Å². The van der Waals surface area contributed by atoms with Crippen molar-refractivity contribution in [2.24, 2.45) is 0 Å². The summed E-state index contributed by atoms with van der Waals surface area (Å²) in [5.41, 5.74) is 11.6. The fourth-order valence-corrected chi connectivity index (χ4v) is 7.35. The fraction of sp³-hybridized carbons (Fsp3) is 0. The minimum Gasteiger partial charge on any atom is -0.309 e. The second kappa shape index (κ2) is 11.9. The number of fused-ring (bicyclic) bond motifs is 5. The fourth-order valence-electron chi connectivity index (χ4n) is 7.35. The van der Waals surface area contributed by atoms with Crippen molar-refractivity contribution in [2.45, 2.75) is 0 Å². The van der Waals surface area contributed by atoms with Crippen molar-refractivity contribution in [3.05, 3.63) is 182 Å². The zero-order valence-corrected chi connectivity index (χ0v) is 27.6. The minimum atomic E-state index is 0.688. The van der Waals surface area contributed by atoms with Gasteiger partial charge in [0.1, 0.15) is 0 Å². The molecule has 0 fully saturated rings. The van der Waals surface area contributed by atoms with Gasteiger partial charge in [-0.15, -0.1) is 0 Å². The first-order valence-electron chi connectivity index (χ1n) is 17.2. The van der Waals surface area contributed by atoms with Crippen LogP contribution in [0.5, 0.6) is 0 Å². The maximum Gasteiger partial charge on any atom is 0.160 e. The summed E-state index contributed by atoms with van der Waals surface area (Å²) < 4.78 is 2.34. The highest BCUT2D eigenvalue weighted by atomic mass is 15.0. The molecule has 0 N–H and O–H groups in total. The lowest BCUT2D eigenvalue weighted by Crippen LogP contribution is -1.97. The molecule has 0 spiro atoms. The van der Waals surface area contributed by atoms with Crippen LogP contribution in [-0.4, -0.2) is 19.5 Å². The quantitative estimate of drug-likeness (QED) is 0.186. The van der Waals surface area contributed by atoms with Gasteiger partial charge in [-0.25, -0.2) is 9.97 Å². The third kappa shape index (κ3) is 5.04. The van der Waals surface area contributed by atoms with Crippen LogP contribution in [-0.2, 0) is 0 Å². The number of aromatic nitrogens is 4. The predicted octanol–water partition coefficient (Wildman–Crippen LogP) is 11.9. The van der Waals surface area contributed by atoms with Crippen LogP contribution in [0.2, 0.25) is 0 Å². The Labute approximate surface area is 295 Å². The van der Waals surface area contributed by atoms with E-state index in [4.69, 9.17) is 9.97 Å². The number of rotatable bonds is 5. The summed E-state index contributed by atoms with van der Waals surface area (Å²) in [6.07, 6.45) is 1.88. The molecule has 0 aliphatic rings. The van der Waals surface area contributed by atoms with Crippen LogP contribution < -0.4 is 0 Å². The first-order valence-corrected chi connectivity index (χ1v) is 17.2. The highest BCUT2D eigenvalue weighted by Crippen LogP contribution is 2.35. The topological polar surface area (TPSA) is 43.6 Å². The molecule has 4 nitrogen and oxygen atoms in total. The summed E-state index contributed by atoms with van der Waals surface area (Å²) in [7, 11) is 0. The molecule has 0 aliphatic heterocycles. The molecule has 3 heterocycles. The van der Waals surface area contributed by atoms with Gasteiger partial charge in [0.25, 0.3) is 0 Å². The van der Waals surface area contributed by atoms with E-state index in [1.807, 2.05) is 12.3 Å². The smallest absolute Gasteiger partial charge is 0.160 e. The molecule has 0 atom stereocenters. The van der Waals surface area contributed by atoms with Crippen molar-refractivity contribution in [3.8, 4) is 50.7 Å². The van der Waals surface area contributed by atoms with E-state index >= 15 is 0 Å². The van der Waals surface area contributed by atoms with Crippen LogP contribution in [0.25, 0.3) is 94.2 Å². The molecule has 0 aliphatic carbocycles. The Hall–Kier alpha value is -6.91. The van der Waals surface area contributed by atoms with E-state index in [0.29, 0.717) is 5.82 Å². The van der Waals surface area contributed by atoms with Crippen LogP contribution in [0.1, 0.15) is 0 Å². The SMILES string of the molecule is c1ccc2cc(-c3cc(-c4ccc(-n5c6ccccc6c6ccccc65)cc4)nc(-c4ccc(-c5ccnc6ccccc56)cc4)n3)ccc2c1. The van der Waals surface area contributed by atoms with Crippen molar-refractivity contribution in [1.82, 2.24) is 19.5 Å². The molecule has 0 radical (unpaired) electrons. The molecule has 10 aromatic rings. The average molecular weight is 651 g/mol. The lowest BCUT2D eigenvalue weighted by Gasteiger charge is -2.12. The maximum atomic E-state index is 5.18. The van der Waals surface area contributed by atoms with Crippen LogP contribution in [0, 0.1) is 0 Å². The Morgan fingerprint density at radius 1 is 0.392 bits per heavy atom. The van der Waals surface area contributed by atoms with Crippen molar-refractivity contribution in [1.29, 1.82) is 0 Å². The molecule has 238 valence electrons. The summed E-state index contributed by atoms with van der Waals surface area (Å²) in [6, 6.07) is 61.9. The Morgan fingerprint density at radius 2 is 0.961 bits per heavy atom. The van der Waals surface area contributed by atoms with Gasteiger partial charge in [-0.05, 0) is 70.4 Å². The van der Waals surface area contributed by atoms with Gasteiger partial charge < -0.3 is 4.57 Å². The Morgan fingerprint density at radius 3 is 1.71 bits per heavy atom. The third-order valence-corrected chi connectivity index (χ3v) is 9.88. The molecule has 4 heteroatoms. The monoisotopic (exact) mass is 650 g/mol. The normalized spacial score (nSPS) is 11.5. The second-order valence-corrected chi connectivity index (χ2v) is 12.9.